The van der Waals surface area contributed by atoms with Gasteiger partial charge in [0.15, 0.2) is 5.65 Å². The van der Waals surface area contributed by atoms with Crippen molar-refractivity contribution >= 4 is 68.1 Å². The molecule has 0 radical (unpaired) electrons. The van der Waals surface area contributed by atoms with Gasteiger partial charge in [0.1, 0.15) is 5.82 Å². The number of halogens is 4. The van der Waals surface area contributed by atoms with Crippen LogP contribution in [0.25, 0.3) is 16.9 Å². The zero-order valence-electron chi connectivity index (χ0n) is 20.0. The van der Waals surface area contributed by atoms with E-state index in [0.29, 0.717) is 28.2 Å². The Morgan fingerprint density at radius 3 is 2.26 bits per heavy atom. The van der Waals surface area contributed by atoms with E-state index >= 15 is 0 Å². The number of carbonyl (C=O) groups excluding carboxylic acids is 1. The van der Waals surface area contributed by atoms with E-state index in [-0.39, 0.29) is 12.3 Å². The largest absolute Gasteiger partial charge is 0.367 e. The topological polar surface area (TPSA) is 58.4 Å². The molecule has 5 aromatic rings. The third-order valence-electron chi connectivity index (χ3n) is 6.06. The van der Waals surface area contributed by atoms with Crippen molar-refractivity contribution in [3.05, 3.63) is 121 Å². The monoisotopic (exact) mass is 626 g/mol. The molecule has 192 valence electrons. The van der Waals surface area contributed by atoms with Gasteiger partial charge in [-0.1, -0.05) is 83.3 Å². The molecule has 2 aromatic heterocycles. The summed E-state index contributed by atoms with van der Waals surface area (Å²) in [5, 5.41) is 8.04. The van der Waals surface area contributed by atoms with E-state index in [1.807, 2.05) is 71.3 Å². The van der Waals surface area contributed by atoms with Crippen molar-refractivity contribution in [3.8, 4) is 11.3 Å². The first kappa shape index (κ1) is 26.6. The van der Waals surface area contributed by atoms with Crippen LogP contribution in [-0.4, -0.2) is 15.3 Å². The van der Waals surface area contributed by atoms with Crippen molar-refractivity contribution in [3.63, 3.8) is 0 Å². The molecule has 0 spiro atoms. The van der Waals surface area contributed by atoms with Crippen LogP contribution in [-0.2, 0) is 24.3 Å². The molecule has 0 fully saturated rings. The first-order chi connectivity index (χ1) is 18.4. The molecule has 3 aromatic carbocycles. The number of benzene rings is 3. The van der Waals surface area contributed by atoms with E-state index in [4.69, 9.17) is 39.8 Å². The van der Waals surface area contributed by atoms with Crippen molar-refractivity contribution in [2.45, 2.75) is 19.5 Å². The summed E-state index contributed by atoms with van der Waals surface area (Å²) < 4.78 is 2.90. The number of rotatable bonds is 8. The van der Waals surface area contributed by atoms with Gasteiger partial charge in [-0.25, -0.2) is 4.98 Å². The second-order valence-electron chi connectivity index (χ2n) is 8.74. The fourth-order valence-corrected chi connectivity index (χ4v) is 5.01. The molecule has 0 aliphatic carbocycles. The number of hydrogen-bond donors (Lipinski definition) is 2. The molecule has 0 unspecified atom stereocenters. The van der Waals surface area contributed by atoms with Crippen LogP contribution in [0.4, 0.5) is 5.82 Å². The Kier molecular flexibility index (Phi) is 8.24. The molecule has 0 atom stereocenters. The predicted octanol–water partition coefficient (Wildman–Crippen LogP) is 8.20. The summed E-state index contributed by atoms with van der Waals surface area (Å²) in [6.45, 7) is 1.05. The molecule has 0 bridgehead atoms. The number of amides is 1. The SMILES string of the molecule is O=C(Cc1ccc(Cl)c(Cl)c1)NCc1ccc(CNc2cc(-c3ccccc3Cl)nc3c(Br)ccn23)cc1. The van der Waals surface area contributed by atoms with Gasteiger partial charge < -0.3 is 10.6 Å². The molecule has 0 saturated heterocycles. The minimum absolute atomic E-state index is 0.0805. The molecule has 0 saturated carbocycles. The average molecular weight is 629 g/mol. The number of nitrogens with zero attached hydrogens (tertiary/aromatic N) is 2. The summed E-state index contributed by atoms with van der Waals surface area (Å²) in [5.74, 6) is 0.817. The minimum atomic E-state index is -0.0805. The first-order valence-electron chi connectivity index (χ1n) is 11.8. The van der Waals surface area contributed by atoms with Gasteiger partial charge >= 0.3 is 0 Å². The Morgan fingerprint density at radius 2 is 1.53 bits per heavy atom. The van der Waals surface area contributed by atoms with Crippen LogP contribution in [0, 0.1) is 0 Å². The maximum absolute atomic E-state index is 12.4. The highest BCUT2D eigenvalue weighted by atomic mass is 79.9. The average Bonchev–Trinajstić information content (AvgIpc) is 3.29. The zero-order valence-corrected chi connectivity index (χ0v) is 23.9. The molecule has 2 N–H and O–H groups in total. The normalized spacial score (nSPS) is 11.1. The number of aromatic nitrogens is 2. The third kappa shape index (κ3) is 6.16. The van der Waals surface area contributed by atoms with Crippen molar-refractivity contribution < 1.29 is 4.79 Å². The van der Waals surface area contributed by atoms with E-state index in [1.165, 1.54) is 0 Å². The molecule has 2 heterocycles. The molecule has 5 rings (SSSR count). The third-order valence-corrected chi connectivity index (χ3v) is 7.74. The van der Waals surface area contributed by atoms with Crippen molar-refractivity contribution in [2.24, 2.45) is 0 Å². The lowest BCUT2D eigenvalue weighted by Gasteiger charge is -2.13. The van der Waals surface area contributed by atoms with Gasteiger partial charge in [0.05, 0.1) is 26.6 Å². The van der Waals surface area contributed by atoms with Crippen LogP contribution in [0.5, 0.6) is 0 Å². The fraction of sp³-hybridized carbons (Fsp3) is 0.103. The van der Waals surface area contributed by atoms with Gasteiger partial charge in [-0.15, -0.1) is 0 Å². The summed E-state index contributed by atoms with van der Waals surface area (Å²) in [6, 6.07) is 25.0. The number of nitrogens with one attached hydrogen (secondary N) is 2. The van der Waals surface area contributed by atoms with Gasteiger partial charge in [0, 0.05) is 35.9 Å². The Labute approximate surface area is 243 Å². The summed E-state index contributed by atoms with van der Waals surface area (Å²) in [5.41, 5.74) is 5.40. The van der Waals surface area contributed by atoms with E-state index < -0.39 is 0 Å². The van der Waals surface area contributed by atoms with Crippen molar-refractivity contribution in [1.29, 1.82) is 0 Å². The second kappa shape index (κ2) is 11.8. The van der Waals surface area contributed by atoms with Crippen LogP contribution in [0.1, 0.15) is 16.7 Å². The highest BCUT2D eigenvalue weighted by molar-refractivity contribution is 9.10. The summed E-state index contributed by atoms with van der Waals surface area (Å²) in [7, 11) is 0. The molecule has 1 amide bonds. The Balaban J connectivity index is 1.23. The lowest BCUT2D eigenvalue weighted by Crippen LogP contribution is -2.24. The minimum Gasteiger partial charge on any atom is -0.367 e. The highest BCUT2D eigenvalue weighted by Crippen LogP contribution is 2.31. The van der Waals surface area contributed by atoms with Crippen LogP contribution < -0.4 is 10.6 Å². The van der Waals surface area contributed by atoms with E-state index in [9.17, 15) is 4.79 Å². The van der Waals surface area contributed by atoms with Gasteiger partial charge in [0.2, 0.25) is 5.91 Å². The number of carbonyl (C=O) groups is 1. The van der Waals surface area contributed by atoms with Crippen LogP contribution in [0.15, 0.2) is 89.5 Å². The van der Waals surface area contributed by atoms with Crippen molar-refractivity contribution in [1.82, 2.24) is 14.7 Å². The smallest absolute Gasteiger partial charge is 0.224 e. The van der Waals surface area contributed by atoms with Crippen molar-refractivity contribution in [2.75, 3.05) is 5.32 Å². The number of fused-ring (bicyclic) bond motifs is 1. The molecule has 0 aliphatic heterocycles. The lowest BCUT2D eigenvalue weighted by atomic mass is 10.1. The van der Waals surface area contributed by atoms with E-state index in [1.54, 1.807) is 18.2 Å². The predicted molar refractivity (Wildman–Crippen MR) is 159 cm³/mol. The number of anilines is 1. The van der Waals surface area contributed by atoms with Crippen LogP contribution >= 0.6 is 50.7 Å². The van der Waals surface area contributed by atoms with Gasteiger partial charge in [-0.2, -0.15) is 0 Å². The molecular formula is C29H22BrCl3N4O. The summed E-state index contributed by atoms with van der Waals surface area (Å²) >= 11 is 22.0. The van der Waals surface area contributed by atoms with Gasteiger partial charge in [0.25, 0.3) is 0 Å². The molecule has 9 heteroatoms. The van der Waals surface area contributed by atoms with Crippen LogP contribution in [0.2, 0.25) is 15.1 Å². The maximum atomic E-state index is 12.4. The highest BCUT2D eigenvalue weighted by Gasteiger charge is 2.12. The lowest BCUT2D eigenvalue weighted by molar-refractivity contribution is -0.120. The zero-order chi connectivity index (χ0) is 26.6. The Bertz CT molecular complexity index is 1620. The van der Waals surface area contributed by atoms with E-state index in [2.05, 4.69) is 26.6 Å². The fourth-order valence-electron chi connectivity index (χ4n) is 4.06. The maximum Gasteiger partial charge on any atom is 0.224 e. The molecule has 5 nitrogen and oxygen atoms in total. The first-order valence-corrected chi connectivity index (χ1v) is 13.7. The van der Waals surface area contributed by atoms with Gasteiger partial charge in [-0.05, 0) is 56.9 Å². The number of hydrogen-bond acceptors (Lipinski definition) is 3. The molecular weight excluding hydrogens is 607 g/mol. The van der Waals surface area contributed by atoms with Gasteiger partial charge in [-0.3, -0.25) is 9.20 Å². The summed E-state index contributed by atoms with van der Waals surface area (Å²) in [6.07, 6.45) is 2.21. The molecule has 38 heavy (non-hydrogen) atoms. The standard InChI is InChI=1S/C29H22BrCl3N4O/c30-22-11-12-37-27(15-26(36-29(22)37)21-3-1-2-4-23(21)31)34-16-18-5-7-19(8-6-18)17-35-28(38)14-20-9-10-24(32)25(33)13-20/h1-13,15,34H,14,16-17H2,(H,35,38). The Hall–Kier alpha value is -3.03. The van der Waals surface area contributed by atoms with Crippen LogP contribution in [0.3, 0.4) is 0 Å². The quantitative estimate of drug-likeness (QED) is 0.182. The Morgan fingerprint density at radius 1 is 0.816 bits per heavy atom. The summed E-state index contributed by atoms with van der Waals surface area (Å²) in [4.78, 5) is 17.2. The molecule has 0 aliphatic rings. The van der Waals surface area contributed by atoms with E-state index in [0.717, 1.165) is 43.9 Å². The second-order valence-corrected chi connectivity index (χ2v) is 10.8.